The first-order chi connectivity index (χ1) is 9.95. The van der Waals surface area contributed by atoms with Gasteiger partial charge >= 0.3 is 0 Å². The zero-order chi connectivity index (χ0) is 15.2. The number of allylic oxidation sites excluding steroid dienone is 1. The van der Waals surface area contributed by atoms with E-state index in [0.717, 1.165) is 16.5 Å². The third-order valence-corrected chi connectivity index (χ3v) is 6.53. The minimum Gasteiger partial charge on any atom is -0.294 e. The number of hydrogen-bond acceptors (Lipinski definition) is 1. The van der Waals surface area contributed by atoms with Crippen molar-refractivity contribution >= 4 is 27.8 Å². The van der Waals surface area contributed by atoms with Crippen LogP contribution in [0.25, 0.3) is 6.08 Å². The summed E-state index contributed by atoms with van der Waals surface area (Å²) in [7, 11) is 0. The van der Waals surface area contributed by atoms with Gasteiger partial charge in [0.1, 0.15) is 0 Å². The van der Waals surface area contributed by atoms with E-state index in [1.807, 2.05) is 0 Å². The lowest BCUT2D eigenvalue weighted by atomic mass is 9.49. The number of benzene rings is 1. The highest BCUT2D eigenvalue weighted by atomic mass is 79.9. The maximum Gasteiger partial charge on any atom is 0.162 e. The highest BCUT2D eigenvalue weighted by Crippen LogP contribution is 2.57. The van der Waals surface area contributed by atoms with E-state index in [0.29, 0.717) is 17.6 Å². The number of Topliss-reactive ketones (excluding diaryl/α,β-unsaturated/α-hetero) is 1. The Labute approximate surface area is 136 Å². The van der Waals surface area contributed by atoms with Gasteiger partial charge in [-0.3, -0.25) is 4.79 Å². The molecule has 0 amide bonds. The van der Waals surface area contributed by atoms with Gasteiger partial charge in [0.15, 0.2) is 5.78 Å². The molecule has 0 N–H and O–H groups in total. The standard InChI is InChI=1S/C19H23BrO/c1-12-18(21)16(15-8-9-17(15)19(12,2)3)10-13-4-6-14(11-20)7-5-13/h4-7,10,12,15,17H,8-9,11H2,1-3H3/b16-10-. The SMILES string of the molecule is CC1C(=O)/C(=C\c2ccc(CBr)cc2)C2CCC2C1(C)C. The molecule has 0 radical (unpaired) electrons. The molecular formula is C19H23BrO. The molecule has 0 bridgehead atoms. The van der Waals surface area contributed by atoms with Crippen LogP contribution in [0, 0.1) is 23.2 Å². The minimum atomic E-state index is 0.132. The maximum atomic E-state index is 12.8. The largest absolute Gasteiger partial charge is 0.294 e. The smallest absolute Gasteiger partial charge is 0.162 e. The highest BCUT2D eigenvalue weighted by Gasteiger charge is 2.53. The zero-order valence-electron chi connectivity index (χ0n) is 13.0. The maximum absolute atomic E-state index is 12.8. The fourth-order valence-electron chi connectivity index (χ4n) is 3.92. The van der Waals surface area contributed by atoms with E-state index in [4.69, 9.17) is 0 Å². The molecule has 112 valence electrons. The first-order valence-corrected chi connectivity index (χ1v) is 8.98. The summed E-state index contributed by atoms with van der Waals surface area (Å²) in [5.41, 5.74) is 3.64. The van der Waals surface area contributed by atoms with E-state index < -0.39 is 0 Å². The third kappa shape index (κ3) is 2.42. The van der Waals surface area contributed by atoms with Crippen LogP contribution in [0.3, 0.4) is 0 Å². The van der Waals surface area contributed by atoms with Gasteiger partial charge < -0.3 is 0 Å². The second-order valence-corrected chi connectivity index (χ2v) is 7.73. The Bertz CT molecular complexity index is 582. The average molecular weight is 347 g/mol. The van der Waals surface area contributed by atoms with Gasteiger partial charge in [-0.15, -0.1) is 0 Å². The summed E-state index contributed by atoms with van der Waals surface area (Å²) < 4.78 is 0. The Hall–Kier alpha value is -0.890. The number of carbonyl (C=O) groups is 1. The Balaban J connectivity index is 1.93. The summed E-state index contributed by atoms with van der Waals surface area (Å²) in [4.78, 5) is 12.8. The Morgan fingerprint density at radius 1 is 1.24 bits per heavy atom. The predicted molar refractivity (Wildman–Crippen MR) is 91.2 cm³/mol. The van der Waals surface area contributed by atoms with E-state index in [9.17, 15) is 4.79 Å². The molecule has 2 heteroatoms. The van der Waals surface area contributed by atoms with Crippen molar-refractivity contribution < 1.29 is 4.79 Å². The molecule has 21 heavy (non-hydrogen) atoms. The van der Waals surface area contributed by atoms with E-state index in [1.165, 1.54) is 18.4 Å². The number of halogens is 1. The molecule has 0 spiro atoms. The minimum absolute atomic E-state index is 0.132. The molecular weight excluding hydrogens is 324 g/mol. The number of rotatable bonds is 2. The summed E-state index contributed by atoms with van der Waals surface area (Å²) >= 11 is 3.47. The van der Waals surface area contributed by atoms with E-state index in [1.54, 1.807) is 0 Å². The van der Waals surface area contributed by atoms with Crippen molar-refractivity contribution in [3.8, 4) is 0 Å². The summed E-state index contributed by atoms with van der Waals surface area (Å²) in [5, 5.41) is 0.874. The van der Waals surface area contributed by atoms with E-state index in [-0.39, 0.29) is 11.3 Å². The summed E-state index contributed by atoms with van der Waals surface area (Å²) in [6, 6.07) is 8.49. The normalized spacial score (nSPS) is 32.7. The van der Waals surface area contributed by atoms with Crippen LogP contribution in [0.5, 0.6) is 0 Å². The van der Waals surface area contributed by atoms with Crippen molar-refractivity contribution in [1.29, 1.82) is 0 Å². The quantitative estimate of drug-likeness (QED) is 0.528. The fourth-order valence-corrected chi connectivity index (χ4v) is 4.29. The van der Waals surface area contributed by atoms with Crippen molar-refractivity contribution in [3.63, 3.8) is 0 Å². The molecule has 2 aliphatic rings. The van der Waals surface area contributed by atoms with E-state index in [2.05, 4.69) is 67.0 Å². The van der Waals surface area contributed by atoms with Crippen molar-refractivity contribution in [1.82, 2.24) is 0 Å². The lowest BCUT2D eigenvalue weighted by Gasteiger charge is -2.54. The van der Waals surface area contributed by atoms with Crippen LogP contribution < -0.4 is 0 Å². The summed E-state index contributed by atoms with van der Waals surface area (Å²) in [5.74, 6) is 1.66. The molecule has 3 atom stereocenters. The van der Waals surface area contributed by atoms with Gasteiger partial charge in [-0.25, -0.2) is 0 Å². The van der Waals surface area contributed by atoms with Crippen LogP contribution in [-0.2, 0) is 10.1 Å². The Kier molecular flexibility index (Phi) is 3.85. The van der Waals surface area contributed by atoms with Gasteiger partial charge in [-0.2, -0.15) is 0 Å². The van der Waals surface area contributed by atoms with Gasteiger partial charge in [0, 0.05) is 11.2 Å². The van der Waals surface area contributed by atoms with Gasteiger partial charge in [0.25, 0.3) is 0 Å². The van der Waals surface area contributed by atoms with Gasteiger partial charge in [-0.1, -0.05) is 61.0 Å². The third-order valence-electron chi connectivity index (χ3n) is 5.88. The van der Waals surface area contributed by atoms with Gasteiger partial charge in [0.05, 0.1) is 0 Å². The van der Waals surface area contributed by atoms with Crippen molar-refractivity contribution in [2.45, 2.75) is 38.9 Å². The monoisotopic (exact) mass is 346 g/mol. The Morgan fingerprint density at radius 2 is 1.90 bits per heavy atom. The lowest BCUT2D eigenvalue weighted by Crippen LogP contribution is -2.51. The van der Waals surface area contributed by atoms with Crippen LogP contribution in [0.4, 0.5) is 0 Å². The topological polar surface area (TPSA) is 17.1 Å². The molecule has 2 aliphatic carbocycles. The van der Waals surface area contributed by atoms with Crippen molar-refractivity contribution in [2.75, 3.05) is 0 Å². The van der Waals surface area contributed by atoms with Crippen LogP contribution in [-0.4, -0.2) is 5.78 Å². The number of carbonyl (C=O) groups excluding carboxylic acids is 1. The molecule has 0 saturated heterocycles. The lowest BCUT2D eigenvalue weighted by molar-refractivity contribution is -0.132. The predicted octanol–water partition coefficient (Wildman–Crippen LogP) is 5.24. The van der Waals surface area contributed by atoms with Crippen LogP contribution in [0.15, 0.2) is 29.8 Å². The molecule has 1 nitrogen and oxygen atoms in total. The number of ketones is 1. The van der Waals surface area contributed by atoms with E-state index >= 15 is 0 Å². The second-order valence-electron chi connectivity index (χ2n) is 7.17. The second kappa shape index (κ2) is 5.39. The molecule has 3 unspecified atom stereocenters. The molecule has 0 aliphatic heterocycles. The number of fused-ring (bicyclic) bond motifs is 1. The first kappa shape index (κ1) is 15.0. The van der Waals surface area contributed by atoms with Crippen molar-refractivity contribution in [3.05, 3.63) is 41.0 Å². The fraction of sp³-hybridized carbons (Fsp3) is 0.526. The zero-order valence-corrected chi connectivity index (χ0v) is 14.6. The first-order valence-electron chi connectivity index (χ1n) is 7.86. The summed E-state index contributed by atoms with van der Waals surface area (Å²) in [6.07, 6.45) is 4.59. The molecule has 2 saturated carbocycles. The average Bonchev–Trinajstić information content (AvgIpc) is 2.43. The number of hydrogen-bond donors (Lipinski definition) is 0. The van der Waals surface area contributed by atoms with Gasteiger partial charge in [-0.05, 0) is 52.9 Å². The van der Waals surface area contributed by atoms with Crippen LogP contribution in [0.2, 0.25) is 0 Å². The molecule has 1 aromatic carbocycles. The summed E-state index contributed by atoms with van der Waals surface area (Å²) in [6.45, 7) is 6.65. The molecule has 3 rings (SSSR count). The Morgan fingerprint density at radius 3 is 2.43 bits per heavy atom. The van der Waals surface area contributed by atoms with Crippen LogP contribution >= 0.6 is 15.9 Å². The van der Waals surface area contributed by atoms with Crippen LogP contribution in [0.1, 0.15) is 44.7 Å². The molecule has 2 fully saturated rings. The molecule has 1 aromatic rings. The van der Waals surface area contributed by atoms with Gasteiger partial charge in [0.2, 0.25) is 0 Å². The molecule has 0 aromatic heterocycles. The molecule has 0 heterocycles. The highest BCUT2D eigenvalue weighted by molar-refractivity contribution is 9.08. The number of alkyl halides is 1. The van der Waals surface area contributed by atoms with Crippen molar-refractivity contribution in [2.24, 2.45) is 23.2 Å².